The Morgan fingerprint density at radius 3 is 2.83 bits per heavy atom. The highest BCUT2D eigenvalue weighted by atomic mass is 32.2. The lowest BCUT2D eigenvalue weighted by Crippen LogP contribution is -2.36. The van der Waals surface area contributed by atoms with E-state index in [0.29, 0.717) is 6.54 Å². The van der Waals surface area contributed by atoms with Crippen LogP contribution in [-0.4, -0.2) is 25.9 Å². The van der Waals surface area contributed by atoms with E-state index in [2.05, 4.69) is 33.9 Å². The lowest BCUT2D eigenvalue weighted by Gasteiger charge is -2.19. The molecular weight excluding hydrogens is 308 g/mol. The maximum atomic E-state index is 12.6. The fourth-order valence-corrected chi connectivity index (χ4v) is 3.82. The number of aromatic nitrogens is 3. The van der Waals surface area contributed by atoms with Crippen LogP contribution in [0.2, 0.25) is 0 Å². The highest BCUT2D eigenvalue weighted by Gasteiger charge is 2.24. The average molecular weight is 330 g/mol. The monoisotopic (exact) mass is 330 g/mol. The molecule has 1 N–H and O–H groups in total. The van der Waals surface area contributed by atoms with Crippen molar-refractivity contribution in [3.8, 4) is 0 Å². The van der Waals surface area contributed by atoms with E-state index in [-0.39, 0.29) is 17.1 Å². The SMILES string of the molecule is CC(C)C(Sc1ccccc1)C(=O)NCc1nnc2n1CCC2. The number of fused-ring (bicyclic) bond motifs is 1. The number of hydrogen-bond donors (Lipinski definition) is 1. The maximum Gasteiger partial charge on any atom is 0.234 e. The van der Waals surface area contributed by atoms with Crippen LogP contribution in [0.3, 0.4) is 0 Å². The molecule has 1 amide bonds. The van der Waals surface area contributed by atoms with E-state index in [0.717, 1.165) is 35.9 Å². The molecule has 5 nitrogen and oxygen atoms in total. The molecule has 1 unspecified atom stereocenters. The third-order valence-corrected chi connectivity index (χ3v) is 5.53. The predicted octanol–water partition coefficient (Wildman–Crippen LogP) is 2.66. The van der Waals surface area contributed by atoms with Crippen LogP contribution in [0.4, 0.5) is 0 Å². The molecule has 0 bridgehead atoms. The predicted molar refractivity (Wildman–Crippen MR) is 91.1 cm³/mol. The minimum Gasteiger partial charge on any atom is -0.348 e. The third kappa shape index (κ3) is 3.75. The van der Waals surface area contributed by atoms with Crippen molar-refractivity contribution in [3.63, 3.8) is 0 Å². The third-order valence-electron chi connectivity index (χ3n) is 3.98. The van der Waals surface area contributed by atoms with Gasteiger partial charge in [0.1, 0.15) is 5.82 Å². The first-order chi connectivity index (χ1) is 11.1. The van der Waals surface area contributed by atoms with Gasteiger partial charge in [0.05, 0.1) is 11.8 Å². The topological polar surface area (TPSA) is 59.8 Å². The standard InChI is InChI=1S/C17H22N4OS/c1-12(2)16(23-13-7-4-3-5-8-13)17(22)18-11-15-20-19-14-9-6-10-21(14)15/h3-5,7-8,12,16H,6,9-11H2,1-2H3,(H,18,22). The molecule has 122 valence electrons. The zero-order valence-electron chi connectivity index (χ0n) is 13.5. The number of aryl methyl sites for hydroxylation is 1. The summed E-state index contributed by atoms with van der Waals surface area (Å²) in [6, 6.07) is 10.1. The molecule has 0 saturated carbocycles. The zero-order chi connectivity index (χ0) is 16.2. The van der Waals surface area contributed by atoms with E-state index in [9.17, 15) is 4.79 Å². The molecule has 1 aliphatic rings. The molecule has 0 radical (unpaired) electrons. The Hall–Kier alpha value is -1.82. The van der Waals surface area contributed by atoms with Crippen molar-refractivity contribution in [2.24, 2.45) is 5.92 Å². The first-order valence-corrected chi connectivity index (χ1v) is 8.93. The highest BCUT2D eigenvalue weighted by molar-refractivity contribution is 8.00. The Bertz CT molecular complexity index is 668. The van der Waals surface area contributed by atoms with Gasteiger partial charge in [0, 0.05) is 17.9 Å². The van der Waals surface area contributed by atoms with E-state index in [4.69, 9.17) is 0 Å². The zero-order valence-corrected chi connectivity index (χ0v) is 14.3. The Kier molecular flexibility index (Phi) is 5.00. The Labute approximate surface area is 140 Å². The van der Waals surface area contributed by atoms with Crippen LogP contribution in [0.25, 0.3) is 0 Å². The van der Waals surface area contributed by atoms with Gasteiger partial charge < -0.3 is 9.88 Å². The number of rotatable bonds is 6. The van der Waals surface area contributed by atoms with E-state index in [1.54, 1.807) is 11.8 Å². The number of amides is 1. The molecule has 3 rings (SSSR count). The first-order valence-electron chi connectivity index (χ1n) is 8.05. The highest BCUT2D eigenvalue weighted by Crippen LogP contribution is 2.28. The summed E-state index contributed by atoms with van der Waals surface area (Å²) < 4.78 is 2.12. The summed E-state index contributed by atoms with van der Waals surface area (Å²) in [6.07, 6.45) is 2.10. The molecule has 2 aromatic rings. The van der Waals surface area contributed by atoms with Gasteiger partial charge in [-0.3, -0.25) is 4.79 Å². The number of thioether (sulfide) groups is 1. The number of hydrogen-bond acceptors (Lipinski definition) is 4. The molecule has 1 atom stereocenters. The molecule has 6 heteroatoms. The van der Waals surface area contributed by atoms with Gasteiger partial charge in [-0.1, -0.05) is 32.0 Å². The number of carbonyl (C=O) groups excluding carboxylic acids is 1. The van der Waals surface area contributed by atoms with Gasteiger partial charge >= 0.3 is 0 Å². The Balaban J connectivity index is 1.62. The Morgan fingerprint density at radius 2 is 2.09 bits per heavy atom. The van der Waals surface area contributed by atoms with Crippen LogP contribution in [0, 0.1) is 5.92 Å². The minimum absolute atomic E-state index is 0.0594. The van der Waals surface area contributed by atoms with Crippen molar-refractivity contribution in [2.45, 2.75) is 49.9 Å². The fraction of sp³-hybridized carbons (Fsp3) is 0.471. The fourth-order valence-electron chi connectivity index (χ4n) is 2.75. The van der Waals surface area contributed by atoms with Crippen LogP contribution in [0.1, 0.15) is 31.9 Å². The quantitative estimate of drug-likeness (QED) is 0.827. The largest absolute Gasteiger partial charge is 0.348 e. The number of benzene rings is 1. The van der Waals surface area contributed by atoms with Crippen LogP contribution in [0.5, 0.6) is 0 Å². The molecule has 23 heavy (non-hydrogen) atoms. The van der Waals surface area contributed by atoms with E-state index < -0.39 is 0 Å². The molecule has 2 heterocycles. The number of nitrogens with zero attached hydrogens (tertiary/aromatic N) is 3. The number of carbonyl (C=O) groups is 1. The summed E-state index contributed by atoms with van der Waals surface area (Å²) in [6.45, 7) is 5.56. The Morgan fingerprint density at radius 1 is 1.30 bits per heavy atom. The summed E-state index contributed by atoms with van der Waals surface area (Å²) in [5.41, 5.74) is 0. The molecule has 0 aliphatic carbocycles. The molecule has 1 aromatic carbocycles. The van der Waals surface area contributed by atoms with Crippen molar-refractivity contribution >= 4 is 17.7 Å². The minimum atomic E-state index is -0.113. The summed E-state index contributed by atoms with van der Waals surface area (Å²) >= 11 is 1.61. The van der Waals surface area contributed by atoms with Gasteiger partial charge in [0.15, 0.2) is 5.82 Å². The van der Waals surface area contributed by atoms with Gasteiger partial charge in [-0.2, -0.15) is 0 Å². The summed E-state index contributed by atoms with van der Waals surface area (Å²) in [5, 5.41) is 11.3. The lowest BCUT2D eigenvalue weighted by molar-refractivity contribution is -0.121. The summed E-state index contributed by atoms with van der Waals surface area (Å²) in [7, 11) is 0. The van der Waals surface area contributed by atoms with Crippen molar-refractivity contribution in [3.05, 3.63) is 42.0 Å². The van der Waals surface area contributed by atoms with Crippen molar-refractivity contribution < 1.29 is 4.79 Å². The number of nitrogens with one attached hydrogen (secondary N) is 1. The molecule has 0 saturated heterocycles. The van der Waals surface area contributed by atoms with E-state index in [1.165, 1.54) is 0 Å². The molecule has 1 aromatic heterocycles. The van der Waals surface area contributed by atoms with Crippen molar-refractivity contribution in [1.82, 2.24) is 20.1 Å². The second-order valence-electron chi connectivity index (χ2n) is 6.10. The van der Waals surface area contributed by atoms with Gasteiger partial charge in [-0.15, -0.1) is 22.0 Å². The van der Waals surface area contributed by atoms with Crippen LogP contribution >= 0.6 is 11.8 Å². The van der Waals surface area contributed by atoms with Crippen LogP contribution in [0.15, 0.2) is 35.2 Å². The molecule has 1 aliphatic heterocycles. The van der Waals surface area contributed by atoms with Gasteiger partial charge in [-0.05, 0) is 24.5 Å². The normalized spacial score (nSPS) is 14.7. The van der Waals surface area contributed by atoms with Gasteiger partial charge in [-0.25, -0.2) is 0 Å². The smallest absolute Gasteiger partial charge is 0.234 e. The maximum absolute atomic E-state index is 12.6. The molecule has 0 spiro atoms. The van der Waals surface area contributed by atoms with Crippen molar-refractivity contribution in [2.75, 3.05) is 0 Å². The lowest BCUT2D eigenvalue weighted by atomic mass is 10.1. The van der Waals surface area contributed by atoms with Crippen LogP contribution < -0.4 is 5.32 Å². The van der Waals surface area contributed by atoms with Crippen LogP contribution in [-0.2, 0) is 24.3 Å². The van der Waals surface area contributed by atoms with E-state index >= 15 is 0 Å². The second kappa shape index (κ2) is 7.17. The summed E-state index contributed by atoms with van der Waals surface area (Å²) in [5.74, 6) is 2.21. The van der Waals surface area contributed by atoms with Crippen molar-refractivity contribution in [1.29, 1.82) is 0 Å². The molecular formula is C17H22N4OS. The molecule has 0 fully saturated rings. The second-order valence-corrected chi connectivity index (χ2v) is 7.32. The average Bonchev–Trinajstić information content (AvgIpc) is 3.15. The summed E-state index contributed by atoms with van der Waals surface area (Å²) in [4.78, 5) is 13.7. The first kappa shape index (κ1) is 16.1. The van der Waals surface area contributed by atoms with Gasteiger partial charge in [0.25, 0.3) is 0 Å². The van der Waals surface area contributed by atoms with Gasteiger partial charge in [0.2, 0.25) is 5.91 Å². The van der Waals surface area contributed by atoms with E-state index in [1.807, 2.05) is 30.3 Å².